The minimum atomic E-state index is -4.59. The molecular weight excluding hydrogens is 399 g/mol. The Kier molecular flexibility index (Phi) is 5.56. The van der Waals surface area contributed by atoms with Crippen LogP contribution in [0.5, 0.6) is 0 Å². The van der Waals surface area contributed by atoms with Crippen LogP contribution in [0.2, 0.25) is 0 Å². The third kappa shape index (κ3) is 4.14. The SMILES string of the molecule is CN(Cc1ccccc1)C(=O)CN1C(=O)N[C@](C)(c2cccc(C(F)(F)F)c2)C1=O. The number of amides is 4. The van der Waals surface area contributed by atoms with Gasteiger partial charge in [-0.1, -0.05) is 42.5 Å². The number of carbonyl (C=O) groups excluding carboxylic acids is 3. The summed E-state index contributed by atoms with van der Waals surface area (Å²) in [5.41, 5.74) is -1.76. The molecule has 9 heteroatoms. The topological polar surface area (TPSA) is 69.7 Å². The molecule has 0 spiro atoms. The molecule has 158 valence electrons. The van der Waals surface area contributed by atoms with E-state index < -0.39 is 41.7 Å². The lowest BCUT2D eigenvalue weighted by atomic mass is 9.90. The van der Waals surface area contributed by atoms with Gasteiger partial charge in [0.25, 0.3) is 5.91 Å². The summed E-state index contributed by atoms with van der Waals surface area (Å²) in [7, 11) is 1.54. The largest absolute Gasteiger partial charge is 0.416 e. The van der Waals surface area contributed by atoms with E-state index in [0.29, 0.717) is 0 Å². The number of rotatable bonds is 5. The minimum Gasteiger partial charge on any atom is -0.340 e. The second kappa shape index (κ2) is 7.81. The van der Waals surface area contributed by atoms with Crippen molar-refractivity contribution in [3.8, 4) is 0 Å². The summed E-state index contributed by atoms with van der Waals surface area (Å²) in [4.78, 5) is 39.9. The summed E-state index contributed by atoms with van der Waals surface area (Å²) in [6, 6.07) is 12.5. The predicted molar refractivity (Wildman–Crippen MR) is 102 cm³/mol. The molecule has 1 atom stereocenters. The van der Waals surface area contributed by atoms with Crippen LogP contribution in [-0.4, -0.2) is 41.2 Å². The second-order valence-corrected chi connectivity index (χ2v) is 7.26. The molecule has 1 aliphatic heterocycles. The highest BCUT2D eigenvalue weighted by Gasteiger charge is 2.50. The van der Waals surface area contributed by atoms with Crippen LogP contribution < -0.4 is 5.32 Å². The minimum absolute atomic E-state index is 0.0109. The predicted octanol–water partition coefficient (Wildman–Crippen LogP) is 3.13. The lowest BCUT2D eigenvalue weighted by Crippen LogP contribution is -2.43. The van der Waals surface area contributed by atoms with Crippen LogP contribution in [0.3, 0.4) is 0 Å². The van der Waals surface area contributed by atoms with Crippen molar-refractivity contribution >= 4 is 17.8 Å². The number of halogens is 3. The van der Waals surface area contributed by atoms with Gasteiger partial charge >= 0.3 is 12.2 Å². The Morgan fingerprint density at radius 2 is 1.77 bits per heavy atom. The Balaban J connectivity index is 1.76. The average molecular weight is 419 g/mol. The van der Waals surface area contributed by atoms with E-state index >= 15 is 0 Å². The molecule has 6 nitrogen and oxygen atoms in total. The van der Waals surface area contributed by atoms with Crippen molar-refractivity contribution in [1.29, 1.82) is 0 Å². The highest BCUT2D eigenvalue weighted by Crippen LogP contribution is 2.34. The van der Waals surface area contributed by atoms with Crippen LogP contribution >= 0.6 is 0 Å². The lowest BCUT2D eigenvalue weighted by molar-refractivity contribution is -0.139. The maximum Gasteiger partial charge on any atom is 0.416 e. The number of imide groups is 1. The van der Waals surface area contributed by atoms with Gasteiger partial charge in [-0.25, -0.2) is 4.79 Å². The van der Waals surface area contributed by atoms with Crippen LogP contribution in [0.15, 0.2) is 54.6 Å². The summed E-state index contributed by atoms with van der Waals surface area (Å²) in [6.45, 7) is 1.09. The first-order valence-electron chi connectivity index (χ1n) is 9.12. The van der Waals surface area contributed by atoms with Gasteiger partial charge in [0.05, 0.1) is 5.56 Å². The van der Waals surface area contributed by atoms with Gasteiger partial charge in [-0.3, -0.25) is 14.5 Å². The summed E-state index contributed by atoms with van der Waals surface area (Å²) in [6.07, 6.45) is -4.59. The molecule has 2 aromatic rings. The third-order valence-electron chi connectivity index (χ3n) is 5.02. The normalized spacial score (nSPS) is 19.0. The molecule has 1 aliphatic rings. The van der Waals surface area contributed by atoms with E-state index in [0.717, 1.165) is 22.6 Å². The van der Waals surface area contributed by atoms with Crippen LogP contribution in [-0.2, 0) is 27.8 Å². The third-order valence-corrected chi connectivity index (χ3v) is 5.02. The van der Waals surface area contributed by atoms with Crippen molar-refractivity contribution < 1.29 is 27.6 Å². The Hall–Kier alpha value is -3.36. The van der Waals surface area contributed by atoms with Crippen molar-refractivity contribution in [2.24, 2.45) is 0 Å². The lowest BCUT2D eigenvalue weighted by Gasteiger charge is -2.24. The number of nitrogens with one attached hydrogen (secondary N) is 1. The van der Waals surface area contributed by atoms with Gasteiger partial charge in [-0.05, 0) is 30.2 Å². The smallest absolute Gasteiger partial charge is 0.340 e. The van der Waals surface area contributed by atoms with Gasteiger partial charge in [0.15, 0.2) is 0 Å². The molecule has 1 heterocycles. The molecule has 3 rings (SSSR count). The molecule has 0 aromatic heterocycles. The molecule has 0 aliphatic carbocycles. The van der Waals surface area contributed by atoms with Gasteiger partial charge in [-0.15, -0.1) is 0 Å². The van der Waals surface area contributed by atoms with Gasteiger partial charge in [0.2, 0.25) is 5.91 Å². The van der Waals surface area contributed by atoms with Crippen LogP contribution in [0.4, 0.5) is 18.0 Å². The van der Waals surface area contributed by atoms with Crippen molar-refractivity contribution in [2.75, 3.05) is 13.6 Å². The maximum absolute atomic E-state index is 13.0. The molecule has 1 N–H and O–H groups in total. The number of benzene rings is 2. The summed E-state index contributed by atoms with van der Waals surface area (Å²) >= 11 is 0. The summed E-state index contributed by atoms with van der Waals surface area (Å²) < 4.78 is 39.1. The van der Waals surface area contributed by atoms with E-state index in [-0.39, 0.29) is 12.1 Å². The van der Waals surface area contributed by atoms with E-state index in [9.17, 15) is 27.6 Å². The quantitative estimate of drug-likeness (QED) is 0.757. The fraction of sp³-hybridized carbons (Fsp3) is 0.286. The van der Waals surface area contributed by atoms with Crippen LogP contribution in [0, 0.1) is 0 Å². The average Bonchev–Trinajstić information content (AvgIpc) is 2.92. The number of carbonyl (C=O) groups is 3. The molecule has 0 bridgehead atoms. The van der Waals surface area contributed by atoms with Crippen LogP contribution in [0.1, 0.15) is 23.6 Å². The Morgan fingerprint density at radius 3 is 2.40 bits per heavy atom. The maximum atomic E-state index is 13.0. The van der Waals surface area contributed by atoms with E-state index in [4.69, 9.17) is 0 Å². The Bertz CT molecular complexity index is 978. The van der Waals surface area contributed by atoms with Crippen molar-refractivity contribution in [2.45, 2.75) is 25.2 Å². The van der Waals surface area contributed by atoms with Crippen molar-refractivity contribution in [3.05, 3.63) is 71.3 Å². The molecule has 1 fully saturated rings. The molecule has 1 saturated heterocycles. The molecule has 30 heavy (non-hydrogen) atoms. The summed E-state index contributed by atoms with van der Waals surface area (Å²) in [5, 5.41) is 2.42. The molecule has 4 amide bonds. The zero-order valence-electron chi connectivity index (χ0n) is 16.4. The van der Waals surface area contributed by atoms with E-state index in [1.54, 1.807) is 7.05 Å². The van der Waals surface area contributed by atoms with Gasteiger partial charge in [0.1, 0.15) is 12.1 Å². The molecule has 0 radical (unpaired) electrons. The van der Waals surface area contributed by atoms with Gasteiger partial charge in [0, 0.05) is 13.6 Å². The molecular formula is C21H20F3N3O3. The van der Waals surface area contributed by atoms with Crippen molar-refractivity contribution in [3.63, 3.8) is 0 Å². The van der Waals surface area contributed by atoms with Crippen LogP contribution in [0.25, 0.3) is 0 Å². The van der Waals surface area contributed by atoms with Crippen molar-refractivity contribution in [1.82, 2.24) is 15.1 Å². The molecule has 2 aromatic carbocycles. The van der Waals surface area contributed by atoms with E-state index in [1.807, 2.05) is 30.3 Å². The number of likely N-dealkylation sites (N-methyl/N-ethyl adjacent to an activating group) is 1. The first kappa shape index (κ1) is 21.4. The van der Waals surface area contributed by atoms with Gasteiger partial charge < -0.3 is 10.2 Å². The van der Waals surface area contributed by atoms with E-state index in [1.165, 1.54) is 24.0 Å². The number of hydrogen-bond acceptors (Lipinski definition) is 3. The fourth-order valence-electron chi connectivity index (χ4n) is 3.24. The Morgan fingerprint density at radius 1 is 1.10 bits per heavy atom. The fourth-order valence-corrected chi connectivity index (χ4v) is 3.24. The van der Waals surface area contributed by atoms with Gasteiger partial charge in [-0.2, -0.15) is 13.2 Å². The first-order valence-corrected chi connectivity index (χ1v) is 9.12. The van der Waals surface area contributed by atoms with E-state index in [2.05, 4.69) is 5.32 Å². The highest BCUT2D eigenvalue weighted by molar-refractivity contribution is 6.09. The number of urea groups is 1. The standard InChI is InChI=1S/C21H20F3N3O3/c1-20(15-9-6-10-16(11-15)21(22,23)24)18(29)27(19(30)25-20)13-17(28)26(2)12-14-7-4-3-5-8-14/h3-11H,12-13H2,1-2H3,(H,25,30)/t20-/m1/s1. The first-order chi connectivity index (χ1) is 14.0. The number of hydrogen-bond donors (Lipinski definition) is 1. The zero-order chi connectivity index (χ0) is 22.1. The highest BCUT2D eigenvalue weighted by atomic mass is 19.4. The monoisotopic (exact) mass is 419 g/mol. The molecule has 0 saturated carbocycles. The number of alkyl halides is 3. The Labute approximate surface area is 171 Å². The number of nitrogens with zero attached hydrogens (tertiary/aromatic N) is 2. The molecule has 0 unspecified atom stereocenters. The zero-order valence-corrected chi connectivity index (χ0v) is 16.4. The summed E-state index contributed by atoms with van der Waals surface area (Å²) in [5.74, 6) is -1.26. The second-order valence-electron chi connectivity index (χ2n) is 7.26.